The van der Waals surface area contributed by atoms with E-state index in [9.17, 15) is 34.2 Å². The molecular weight excluding hydrogens is 1390 g/mol. The van der Waals surface area contributed by atoms with Crippen molar-refractivity contribution in [1.82, 2.24) is 42.5 Å². The number of phenols is 2. The summed E-state index contributed by atoms with van der Waals surface area (Å²) in [6.45, 7) is 27.3. The number of carbonyl (C=O) groups is 9. The van der Waals surface area contributed by atoms with Crippen LogP contribution in [0.25, 0.3) is 0 Å². The van der Waals surface area contributed by atoms with Crippen LogP contribution in [0.2, 0.25) is 0 Å². The Hall–Kier alpha value is -8.09. The highest BCUT2D eigenvalue weighted by molar-refractivity contribution is 9.10. The molecule has 14 bridgehead atoms. The van der Waals surface area contributed by atoms with Crippen LogP contribution >= 0.6 is 15.9 Å². The summed E-state index contributed by atoms with van der Waals surface area (Å²) in [5.41, 5.74) is 1.88. The quantitative estimate of drug-likeness (QED) is 0.0849. The summed E-state index contributed by atoms with van der Waals surface area (Å²) >= 11 is 3.51. The van der Waals surface area contributed by atoms with Gasteiger partial charge in [0.2, 0.25) is 0 Å². The first kappa shape index (κ1) is 78.5. The smallest absolute Gasteiger partial charge is 0.255 e. The van der Waals surface area contributed by atoms with Crippen molar-refractivity contribution in [3.05, 3.63) is 115 Å². The molecule has 0 saturated heterocycles. The van der Waals surface area contributed by atoms with Gasteiger partial charge in [0.15, 0.2) is 5.79 Å². The highest BCUT2D eigenvalue weighted by atomic mass is 79.9. The minimum Gasteiger partial charge on any atom is -0.506 e. The van der Waals surface area contributed by atoms with Gasteiger partial charge in [-0.3, -0.25) is 43.2 Å². The number of hydrogen-bond acceptors (Lipinski definition) is 15. The monoisotopic (exact) mass is 1500 g/mol. The average molecular weight is 1500 g/mol. The zero-order chi connectivity index (χ0) is 75.7. The molecule has 4 aromatic carbocycles. The largest absolute Gasteiger partial charge is 0.506 e. The second-order valence-corrected chi connectivity index (χ2v) is 34.0. The Morgan fingerprint density at radius 1 is 0.385 bits per heavy atom. The molecule has 0 spiro atoms. The number of hydrogen-bond donors (Lipinski definition) is 10. The lowest BCUT2D eigenvalue weighted by molar-refractivity contribution is -0.234. The van der Waals surface area contributed by atoms with Crippen molar-refractivity contribution in [1.29, 1.82) is 0 Å². The predicted octanol–water partition coefficient (Wildman–Crippen LogP) is 10.5. The number of halogens is 1. The summed E-state index contributed by atoms with van der Waals surface area (Å²) in [6.07, 6.45) is 3.42. The number of nitrogens with one attached hydrogen (secondary N) is 8. The zero-order valence-corrected chi connectivity index (χ0v) is 64.4. The van der Waals surface area contributed by atoms with Crippen molar-refractivity contribution in [2.75, 3.05) is 26.4 Å². The molecule has 2 heterocycles. The van der Waals surface area contributed by atoms with Crippen molar-refractivity contribution >= 4 is 69.0 Å². The van der Waals surface area contributed by atoms with Crippen LogP contribution in [0.5, 0.6) is 23.0 Å². The molecule has 4 saturated carbocycles. The van der Waals surface area contributed by atoms with Gasteiger partial charge in [-0.25, -0.2) is 0 Å². The number of rotatable bonds is 4. The van der Waals surface area contributed by atoms with E-state index in [1.54, 1.807) is 72.7 Å². The molecule has 24 heteroatoms. The van der Waals surface area contributed by atoms with Crippen LogP contribution in [0.15, 0.2) is 48.5 Å². The standard InChI is InChI=1S/C80H107BrN8O15/c1-38-22-50-67(91)51(23-38)72(94)83-59-35-63(47(10)31-43(59)6)87-76(98)55-27-41(4)29-57-70(55)102-19-21-104-80(15,17-16-66(90)79(13,14)81)103-20-18-101-69-54(75(97)86-62-34-58(82-71(50)93)42(5)30-46(62)9)26-40(3)28-56(69)77(99)88-64-36-60(44(7)32-48(64)11)84-73(95)52-24-39(2)25-53(68(52)92)74(96)85-61-37-65(89-78(57)100)49(12)33-45(61)8/h22-29,42-49,58-65,91-92H,16-21,30-37H2,1-15H3,(H,82,93)(H,83,94)(H,84,95)(H,85,96)(H,86,97)(H,87,98)(H,88,99)(H,89,100). The highest BCUT2D eigenvalue weighted by Gasteiger charge is 2.43. The molecule has 0 aromatic heterocycles. The number of alkyl halides is 1. The van der Waals surface area contributed by atoms with E-state index < -0.39 is 117 Å². The molecule has 16 unspecified atom stereocenters. The third-order valence-electron chi connectivity index (χ3n) is 22.9. The van der Waals surface area contributed by atoms with E-state index in [0.717, 1.165) is 0 Å². The number of aryl methyl sites for hydroxylation is 4. The fourth-order valence-electron chi connectivity index (χ4n) is 16.6. The molecule has 6 aliphatic rings. The van der Waals surface area contributed by atoms with Gasteiger partial charge >= 0.3 is 0 Å². The molecule has 2 aliphatic heterocycles. The summed E-state index contributed by atoms with van der Waals surface area (Å²) in [4.78, 5) is 133. The maximum absolute atomic E-state index is 15.3. The van der Waals surface area contributed by atoms with Crippen LogP contribution in [-0.4, -0.2) is 148 Å². The van der Waals surface area contributed by atoms with E-state index >= 15 is 19.2 Å². The second kappa shape index (κ2) is 32.3. The lowest BCUT2D eigenvalue weighted by atomic mass is 9.76. The molecule has 10 N–H and O–H groups in total. The Balaban J connectivity index is 1.09. The molecule has 10 rings (SSSR count). The molecule has 4 fully saturated rings. The van der Waals surface area contributed by atoms with Gasteiger partial charge in [-0.1, -0.05) is 71.3 Å². The van der Waals surface area contributed by atoms with Gasteiger partial charge in [0.1, 0.15) is 42.0 Å². The summed E-state index contributed by atoms with van der Waals surface area (Å²) in [5.74, 6) is -8.39. The number of ether oxygens (including phenoxy) is 4. The Bertz CT molecular complexity index is 3550. The molecule has 104 heavy (non-hydrogen) atoms. The Kier molecular flexibility index (Phi) is 24.4. The van der Waals surface area contributed by atoms with Gasteiger partial charge in [0.25, 0.3) is 47.3 Å². The van der Waals surface area contributed by atoms with Crippen LogP contribution in [0, 0.1) is 75.0 Å². The summed E-state index contributed by atoms with van der Waals surface area (Å²) < 4.78 is 25.6. The Labute approximate surface area is 619 Å². The molecule has 0 radical (unpaired) electrons. The van der Waals surface area contributed by atoms with Crippen molar-refractivity contribution < 1.29 is 72.3 Å². The molecular formula is C80H107BrN8O15. The first-order valence-corrected chi connectivity index (χ1v) is 37.9. The van der Waals surface area contributed by atoms with Crippen molar-refractivity contribution in [2.45, 2.75) is 227 Å². The van der Waals surface area contributed by atoms with E-state index in [4.69, 9.17) is 18.9 Å². The van der Waals surface area contributed by atoms with Crippen LogP contribution in [0.4, 0.5) is 0 Å². The lowest BCUT2D eigenvalue weighted by Crippen LogP contribution is -2.53. The molecule has 8 amide bonds. The van der Waals surface area contributed by atoms with Crippen LogP contribution in [0.1, 0.15) is 245 Å². The van der Waals surface area contributed by atoms with Crippen molar-refractivity contribution in [2.24, 2.45) is 47.3 Å². The van der Waals surface area contributed by atoms with Gasteiger partial charge in [0, 0.05) is 61.2 Å². The van der Waals surface area contributed by atoms with E-state index in [1.807, 2.05) is 55.4 Å². The first-order chi connectivity index (χ1) is 48.9. The van der Waals surface area contributed by atoms with Gasteiger partial charge in [-0.05, 0) is 218 Å². The number of amides is 8. The van der Waals surface area contributed by atoms with E-state index in [2.05, 4.69) is 58.5 Å². The first-order valence-electron chi connectivity index (χ1n) is 37.1. The predicted molar refractivity (Wildman–Crippen MR) is 397 cm³/mol. The number of ketones is 1. The third kappa shape index (κ3) is 18.1. The number of Topliss-reactive ketones (excluding diaryl/α,β-unsaturated/α-hetero) is 1. The highest BCUT2D eigenvalue weighted by Crippen LogP contribution is 2.39. The molecule has 4 aliphatic carbocycles. The Morgan fingerprint density at radius 3 is 0.798 bits per heavy atom. The SMILES string of the molecule is Cc1cc2c(O)c(c1)C(=O)NC1CC(NC(=O)c3cc(C)cc4c3OCCOC(C)(CCC(=O)C(C)(C)Br)OCCOc3c(cc(C)cc3C(=O)NC3CC(NC(=O)c5cc(C)cc(c5O)C(=O)NC5CC(NC4=O)C(C)CC5C)C(C)CC3C)C(=O)NC3CC(NC2=O)C(C)CC3C)C(C)CC1C. The maximum atomic E-state index is 15.3. The molecule has 16 atom stereocenters. The summed E-state index contributed by atoms with van der Waals surface area (Å²) in [6, 6.07) is 8.42. The number of fused-ring (bicyclic) bond motifs is 20. The fourth-order valence-corrected chi connectivity index (χ4v) is 16.8. The lowest BCUT2D eigenvalue weighted by Gasteiger charge is -2.40. The van der Waals surface area contributed by atoms with Crippen LogP contribution in [0.3, 0.4) is 0 Å². The van der Waals surface area contributed by atoms with Crippen molar-refractivity contribution in [3.63, 3.8) is 0 Å². The van der Waals surface area contributed by atoms with E-state index in [0.29, 0.717) is 47.9 Å². The minimum atomic E-state index is -1.52. The summed E-state index contributed by atoms with van der Waals surface area (Å²) in [5, 5.41) is 49.4. The molecule has 564 valence electrons. The Morgan fingerprint density at radius 2 is 0.587 bits per heavy atom. The number of phenolic OH excluding ortho intramolecular Hbond substituents is 2. The summed E-state index contributed by atoms with van der Waals surface area (Å²) in [7, 11) is 0. The second-order valence-electron chi connectivity index (χ2n) is 32.1. The number of benzene rings is 4. The van der Waals surface area contributed by atoms with E-state index in [1.165, 1.54) is 24.3 Å². The normalized spacial score (nSPS) is 30.9. The topological polar surface area (TPSA) is 327 Å². The van der Waals surface area contributed by atoms with Crippen molar-refractivity contribution in [3.8, 4) is 23.0 Å². The van der Waals surface area contributed by atoms with Gasteiger partial charge in [-0.2, -0.15) is 0 Å². The fraction of sp³-hybridized carbons (Fsp3) is 0.588. The van der Waals surface area contributed by atoms with Gasteiger partial charge in [-0.15, -0.1) is 0 Å². The average Bonchev–Trinajstić information content (AvgIpc) is 0.799. The molecule has 23 nitrogen and oxygen atoms in total. The van der Waals surface area contributed by atoms with Gasteiger partial charge in [0.05, 0.1) is 62.0 Å². The van der Waals surface area contributed by atoms with Crippen LogP contribution < -0.4 is 52.0 Å². The minimum absolute atomic E-state index is 0.00286. The number of aromatic hydroxyl groups is 2. The number of carbonyl (C=O) groups excluding carboxylic acids is 9. The maximum Gasteiger partial charge on any atom is 0.255 e. The zero-order valence-electron chi connectivity index (χ0n) is 62.8. The van der Waals surface area contributed by atoms with Gasteiger partial charge < -0.3 is 71.7 Å². The molecule has 4 aromatic rings. The van der Waals surface area contributed by atoms with Crippen LogP contribution in [-0.2, 0) is 14.3 Å². The van der Waals surface area contributed by atoms with E-state index in [-0.39, 0.29) is 174 Å². The third-order valence-corrected chi connectivity index (χ3v) is 23.4.